The maximum absolute atomic E-state index is 12.5. The second-order valence-electron chi connectivity index (χ2n) is 7.46. The lowest BCUT2D eigenvalue weighted by Crippen LogP contribution is -2.12. The van der Waals surface area contributed by atoms with Crippen LogP contribution in [0.2, 0.25) is 0 Å². The number of nitrogens with zero attached hydrogens (tertiary/aromatic N) is 2. The van der Waals surface area contributed by atoms with Gasteiger partial charge in [0.05, 0.1) is 13.7 Å². The summed E-state index contributed by atoms with van der Waals surface area (Å²) < 4.78 is 39.9. The van der Waals surface area contributed by atoms with Gasteiger partial charge in [0.2, 0.25) is 11.7 Å². The van der Waals surface area contributed by atoms with Crippen molar-refractivity contribution in [2.45, 2.75) is 20.1 Å². The van der Waals surface area contributed by atoms with Crippen LogP contribution in [-0.4, -0.2) is 29.8 Å². The third-order valence-electron chi connectivity index (χ3n) is 5.07. The highest BCUT2D eigenvalue weighted by Crippen LogP contribution is 2.32. The van der Waals surface area contributed by atoms with E-state index in [1.165, 1.54) is 25.3 Å². The van der Waals surface area contributed by atoms with E-state index in [-0.39, 0.29) is 29.8 Å². The van der Waals surface area contributed by atoms with E-state index >= 15 is 0 Å². The molecule has 180 valence electrons. The first kappa shape index (κ1) is 23.7. The molecule has 0 atom stereocenters. The monoisotopic (exact) mass is 480 g/mol. The summed E-state index contributed by atoms with van der Waals surface area (Å²) >= 11 is 0. The molecule has 0 aliphatic heterocycles. The molecule has 4 rings (SSSR count). The van der Waals surface area contributed by atoms with Crippen molar-refractivity contribution in [3.8, 4) is 22.9 Å². The zero-order valence-electron chi connectivity index (χ0n) is 18.9. The zero-order valence-corrected chi connectivity index (χ0v) is 18.9. The van der Waals surface area contributed by atoms with Crippen molar-refractivity contribution < 1.29 is 27.6 Å². The third-order valence-corrected chi connectivity index (χ3v) is 5.07. The van der Waals surface area contributed by atoms with Crippen molar-refractivity contribution >= 4 is 17.3 Å². The van der Waals surface area contributed by atoms with E-state index in [4.69, 9.17) is 9.26 Å². The molecule has 1 amide bonds. The Balaban J connectivity index is 1.43. The summed E-state index contributed by atoms with van der Waals surface area (Å²) in [5.74, 6) is 0.403. The summed E-state index contributed by atoms with van der Waals surface area (Å²) in [7, 11) is 1.35. The lowest BCUT2D eigenvalue weighted by Gasteiger charge is -2.11. The van der Waals surface area contributed by atoms with Gasteiger partial charge < -0.3 is 24.6 Å². The number of alkyl halides is 2. The van der Waals surface area contributed by atoms with Gasteiger partial charge >= 0.3 is 6.61 Å². The van der Waals surface area contributed by atoms with E-state index in [0.717, 1.165) is 11.3 Å². The molecule has 8 nitrogen and oxygen atoms in total. The molecular weight excluding hydrogens is 458 g/mol. The van der Waals surface area contributed by atoms with Crippen LogP contribution >= 0.6 is 0 Å². The lowest BCUT2D eigenvalue weighted by molar-refractivity contribution is -0.0512. The average Bonchev–Trinajstić information content (AvgIpc) is 3.34. The number of hydrogen-bond acceptors (Lipinski definition) is 7. The third kappa shape index (κ3) is 5.91. The molecule has 0 bridgehead atoms. The molecule has 4 aromatic rings. The molecular formula is C25H22F2N4O4. The minimum absolute atomic E-state index is 0.0913. The van der Waals surface area contributed by atoms with E-state index in [0.29, 0.717) is 22.7 Å². The van der Waals surface area contributed by atoms with Gasteiger partial charge in [-0.2, -0.15) is 13.8 Å². The Morgan fingerprint density at radius 2 is 1.86 bits per heavy atom. The lowest BCUT2D eigenvalue weighted by atomic mass is 10.1. The quantitative estimate of drug-likeness (QED) is 0.325. The van der Waals surface area contributed by atoms with Gasteiger partial charge in [-0.25, -0.2) is 0 Å². The van der Waals surface area contributed by atoms with Gasteiger partial charge in [-0.3, -0.25) is 4.79 Å². The molecule has 0 saturated carbocycles. The number of benzene rings is 3. The summed E-state index contributed by atoms with van der Waals surface area (Å²) in [6.07, 6.45) is 0. The standard InChI is InChI=1S/C25H22F2N4O4/c1-15-8-10-18(29-24(32)16-6-4-3-5-7-16)13-19(15)28-14-22-30-23(31-35-22)17-9-11-20(34-25(26)27)21(12-17)33-2/h3-13,25,28H,14H2,1-2H3,(H,29,32). The Morgan fingerprint density at radius 1 is 1.06 bits per heavy atom. The molecule has 35 heavy (non-hydrogen) atoms. The SMILES string of the molecule is COc1cc(-c2noc(CNc3cc(NC(=O)c4ccccc4)ccc3C)n2)ccc1OC(F)F. The number of aryl methyl sites for hydroxylation is 1. The molecule has 2 N–H and O–H groups in total. The molecule has 3 aromatic carbocycles. The number of carbonyl (C=O) groups excluding carboxylic acids is 1. The first-order valence-electron chi connectivity index (χ1n) is 10.6. The first-order valence-corrected chi connectivity index (χ1v) is 10.6. The number of nitrogens with one attached hydrogen (secondary N) is 2. The van der Waals surface area contributed by atoms with E-state index in [9.17, 15) is 13.6 Å². The number of aromatic nitrogens is 2. The van der Waals surface area contributed by atoms with Gasteiger partial charge in [0, 0.05) is 22.5 Å². The molecule has 10 heteroatoms. The number of anilines is 2. The predicted octanol–water partition coefficient (Wildman–Crippen LogP) is 5.52. The highest BCUT2D eigenvalue weighted by Gasteiger charge is 2.15. The maximum atomic E-state index is 12.5. The molecule has 0 fully saturated rings. The summed E-state index contributed by atoms with van der Waals surface area (Å²) in [5.41, 5.74) is 3.45. The van der Waals surface area contributed by atoms with Crippen LogP contribution in [0.25, 0.3) is 11.4 Å². The van der Waals surface area contributed by atoms with Crippen molar-refractivity contribution in [3.63, 3.8) is 0 Å². The van der Waals surface area contributed by atoms with Crippen LogP contribution in [0.15, 0.2) is 71.3 Å². The van der Waals surface area contributed by atoms with Gasteiger partial charge in [-0.1, -0.05) is 29.4 Å². The first-order chi connectivity index (χ1) is 16.9. The van der Waals surface area contributed by atoms with Crippen LogP contribution in [0.3, 0.4) is 0 Å². The topological polar surface area (TPSA) is 98.5 Å². The van der Waals surface area contributed by atoms with Gasteiger partial charge in [0.25, 0.3) is 5.91 Å². The van der Waals surface area contributed by atoms with Crippen LogP contribution in [0, 0.1) is 6.92 Å². The summed E-state index contributed by atoms with van der Waals surface area (Å²) in [5, 5.41) is 10.1. The molecule has 0 aliphatic carbocycles. The van der Waals surface area contributed by atoms with Crippen LogP contribution in [0.5, 0.6) is 11.5 Å². The van der Waals surface area contributed by atoms with Crippen LogP contribution in [0.1, 0.15) is 21.8 Å². The molecule has 0 unspecified atom stereocenters. The number of hydrogen-bond donors (Lipinski definition) is 2. The predicted molar refractivity (Wildman–Crippen MR) is 126 cm³/mol. The maximum Gasteiger partial charge on any atom is 0.387 e. The van der Waals surface area contributed by atoms with E-state index < -0.39 is 6.61 Å². The molecule has 0 saturated heterocycles. The summed E-state index contributed by atoms with van der Waals surface area (Å²) in [6.45, 7) is -0.806. The largest absolute Gasteiger partial charge is 0.493 e. The van der Waals surface area contributed by atoms with Crippen molar-refractivity contribution in [2.24, 2.45) is 0 Å². The van der Waals surface area contributed by atoms with E-state index in [1.807, 2.05) is 31.2 Å². The number of ether oxygens (including phenoxy) is 2. The molecule has 0 radical (unpaired) electrons. The number of amides is 1. The molecule has 1 heterocycles. The fourth-order valence-corrected chi connectivity index (χ4v) is 3.30. The van der Waals surface area contributed by atoms with Crippen molar-refractivity contribution in [3.05, 3.63) is 83.7 Å². The van der Waals surface area contributed by atoms with Gasteiger partial charge in [0.1, 0.15) is 0 Å². The Morgan fingerprint density at radius 3 is 2.60 bits per heavy atom. The van der Waals surface area contributed by atoms with Crippen LogP contribution in [0.4, 0.5) is 20.2 Å². The molecule has 0 spiro atoms. The normalized spacial score (nSPS) is 10.8. The second-order valence-corrected chi connectivity index (χ2v) is 7.46. The Bertz CT molecular complexity index is 1310. The Labute approximate surface area is 199 Å². The summed E-state index contributed by atoms with van der Waals surface area (Å²) in [4.78, 5) is 16.8. The zero-order chi connectivity index (χ0) is 24.8. The molecule has 0 aliphatic rings. The molecule has 1 aromatic heterocycles. The van der Waals surface area contributed by atoms with E-state index in [1.54, 1.807) is 24.3 Å². The fraction of sp³-hybridized carbons (Fsp3) is 0.160. The van der Waals surface area contributed by atoms with E-state index in [2.05, 4.69) is 25.5 Å². The minimum atomic E-state index is -2.97. The van der Waals surface area contributed by atoms with Gasteiger partial charge in [-0.15, -0.1) is 0 Å². The van der Waals surface area contributed by atoms with Gasteiger partial charge in [-0.05, 0) is 55.0 Å². The number of methoxy groups -OCH3 is 1. The number of halogens is 2. The van der Waals surface area contributed by atoms with Crippen molar-refractivity contribution in [1.82, 2.24) is 10.1 Å². The highest BCUT2D eigenvalue weighted by molar-refractivity contribution is 6.04. The summed E-state index contributed by atoms with van der Waals surface area (Å²) in [6, 6.07) is 18.8. The van der Waals surface area contributed by atoms with Crippen molar-refractivity contribution in [1.29, 1.82) is 0 Å². The Kier molecular flexibility index (Phi) is 7.20. The Hall–Kier alpha value is -4.47. The highest BCUT2D eigenvalue weighted by atomic mass is 19.3. The number of carbonyl (C=O) groups is 1. The fourth-order valence-electron chi connectivity index (χ4n) is 3.30. The van der Waals surface area contributed by atoms with Crippen LogP contribution in [-0.2, 0) is 6.54 Å². The average molecular weight is 480 g/mol. The second kappa shape index (κ2) is 10.6. The van der Waals surface area contributed by atoms with Crippen molar-refractivity contribution in [2.75, 3.05) is 17.7 Å². The number of rotatable bonds is 9. The van der Waals surface area contributed by atoms with Gasteiger partial charge in [0.15, 0.2) is 11.5 Å². The van der Waals surface area contributed by atoms with Crippen LogP contribution < -0.4 is 20.1 Å². The minimum Gasteiger partial charge on any atom is -0.493 e. The smallest absolute Gasteiger partial charge is 0.387 e.